The maximum absolute atomic E-state index is 13.8. The zero-order valence-corrected chi connectivity index (χ0v) is 28.4. The van der Waals surface area contributed by atoms with Gasteiger partial charge in [0.1, 0.15) is 11.9 Å². The number of nitrogens with zero attached hydrogens (tertiary/aromatic N) is 1. The number of carbonyl (C=O) groups excluding carboxylic acids is 3. The largest absolute Gasteiger partial charge is 0.461 e. The molecule has 2 aromatic rings. The van der Waals surface area contributed by atoms with E-state index < -0.39 is 23.0 Å². The molecule has 0 radical (unpaired) electrons. The number of amides is 1. The highest BCUT2D eigenvalue weighted by Crippen LogP contribution is 2.68. The fraction of sp³-hybridized carbons (Fsp3) is 0.611. The number of nitrogens with two attached hydrogens (primary N) is 2. The SMILES string of the molecule is C[C@@H]1CC[C@@]23CCC(=O)[C@H]2[C@]1(C)[C@H](OC(=O)CSc1ccc(CN)cn1)C[C@](C)(CCNC(=O)c1ccc(CN)cc1)[C@@H](O)[C@@H]3C. The molecule has 1 heterocycles. The van der Waals surface area contributed by atoms with Crippen molar-refractivity contribution < 1.29 is 24.2 Å². The summed E-state index contributed by atoms with van der Waals surface area (Å²) in [5, 5.41) is 15.9. The molecule has 9 nitrogen and oxygen atoms in total. The minimum absolute atomic E-state index is 0.0777. The van der Waals surface area contributed by atoms with E-state index in [0.717, 1.165) is 30.4 Å². The molecule has 0 aliphatic heterocycles. The number of carbonyl (C=O) groups is 3. The highest BCUT2D eigenvalue weighted by Gasteiger charge is 2.68. The van der Waals surface area contributed by atoms with Crippen LogP contribution in [-0.4, -0.2) is 52.3 Å². The van der Waals surface area contributed by atoms with Gasteiger partial charge in [0.15, 0.2) is 0 Å². The van der Waals surface area contributed by atoms with Crippen LogP contribution in [0, 0.1) is 34.0 Å². The summed E-state index contributed by atoms with van der Waals surface area (Å²) in [5.74, 6) is -0.523. The number of thioether (sulfide) groups is 1. The van der Waals surface area contributed by atoms with E-state index in [1.54, 1.807) is 18.3 Å². The number of benzene rings is 1. The molecule has 1 amide bonds. The van der Waals surface area contributed by atoms with Gasteiger partial charge in [-0.2, -0.15) is 0 Å². The number of Topliss-reactive ketones (excluding diaryl/α,β-unsaturated/α-hetero) is 1. The first-order valence-electron chi connectivity index (χ1n) is 16.6. The van der Waals surface area contributed by atoms with Crippen LogP contribution in [0.5, 0.6) is 0 Å². The molecule has 3 aliphatic carbocycles. The molecular weight excluding hydrogens is 600 g/mol. The molecule has 5 rings (SSSR count). The minimum Gasteiger partial charge on any atom is -0.461 e. The zero-order valence-electron chi connectivity index (χ0n) is 27.6. The third-order valence-corrected chi connectivity index (χ3v) is 12.9. The van der Waals surface area contributed by atoms with Crippen molar-refractivity contribution >= 4 is 29.4 Å². The van der Waals surface area contributed by atoms with Crippen LogP contribution in [0.4, 0.5) is 0 Å². The van der Waals surface area contributed by atoms with Crippen LogP contribution in [0.15, 0.2) is 47.6 Å². The molecule has 0 spiro atoms. The van der Waals surface area contributed by atoms with Crippen LogP contribution in [0.1, 0.15) is 87.7 Å². The Morgan fingerprint density at radius 3 is 2.41 bits per heavy atom. The minimum atomic E-state index is -0.750. The van der Waals surface area contributed by atoms with Gasteiger partial charge in [0.2, 0.25) is 0 Å². The topological polar surface area (TPSA) is 158 Å². The van der Waals surface area contributed by atoms with Gasteiger partial charge in [-0.05, 0) is 84.1 Å². The molecule has 0 unspecified atom stereocenters. The van der Waals surface area contributed by atoms with E-state index in [-0.39, 0.29) is 46.6 Å². The second kappa shape index (κ2) is 13.7. The molecule has 2 bridgehead atoms. The third kappa shape index (κ3) is 6.38. The number of aliphatic hydroxyl groups is 1. The number of aliphatic hydroxyl groups excluding tert-OH is 1. The number of nitrogens with one attached hydrogen (secondary N) is 1. The summed E-state index contributed by atoms with van der Waals surface area (Å²) in [4.78, 5) is 44.7. The van der Waals surface area contributed by atoms with Gasteiger partial charge in [-0.1, -0.05) is 57.7 Å². The van der Waals surface area contributed by atoms with Crippen LogP contribution >= 0.6 is 11.8 Å². The van der Waals surface area contributed by atoms with Gasteiger partial charge in [0.25, 0.3) is 5.91 Å². The Hall–Kier alpha value is -2.79. The number of esters is 1. The summed E-state index contributed by atoms with van der Waals surface area (Å²) in [6.45, 7) is 9.64. The summed E-state index contributed by atoms with van der Waals surface area (Å²) in [7, 11) is 0. The van der Waals surface area contributed by atoms with Crippen molar-refractivity contribution in [2.45, 2.75) is 96.5 Å². The lowest BCUT2D eigenvalue weighted by Crippen LogP contribution is -2.63. The average Bonchev–Trinajstić information content (AvgIpc) is 3.42. The first kappa shape index (κ1) is 34.5. The van der Waals surface area contributed by atoms with E-state index >= 15 is 0 Å². The van der Waals surface area contributed by atoms with Crippen molar-refractivity contribution in [1.82, 2.24) is 10.3 Å². The molecule has 3 aliphatic rings. The highest BCUT2D eigenvalue weighted by molar-refractivity contribution is 7.99. The van der Waals surface area contributed by atoms with Gasteiger partial charge >= 0.3 is 5.97 Å². The first-order valence-corrected chi connectivity index (χ1v) is 17.6. The molecule has 250 valence electrons. The standard InChI is InChI=1S/C36H50N4O5S/c1-22-11-13-36-14-12-27(41)31(36)35(22,4)28(45-30(42)21-46-29-10-7-25(19-38)20-40-29)17-34(3,32(43)23(36)2)15-16-39-33(44)26-8-5-24(18-37)6-9-26/h5-10,20,22-23,28,31-32,43H,11-19,21,37-38H2,1-4H3,(H,39,44)/t22-,23+,28-,31+,32+,34+,35+,36+/m1/s1. The van der Waals surface area contributed by atoms with Gasteiger partial charge in [0, 0.05) is 49.1 Å². The van der Waals surface area contributed by atoms with E-state index in [0.29, 0.717) is 49.5 Å². The van der Waals surface area contributed by atoms with Gasteiger partial charge < -0.3 is 26.6 Å². The number of aromatic nitrogens is 1. The quantitative estimate of drug-likeness (QED) is 0.213. The van der Waals surface area contributed by atoms with Crippen LogP contribution in [0.2, 0.25) is 0 Å². The van der Waals surface area contributed by atoms with E-state index in [2.05, 4.69) is 31.1 Å². The Bertz CT molecular complexity index is 1420. The third-order valence-electron chi connectivity index (χ3n) is 12.0. The number of hydrogen-bond acceptors (Lipinski definition) is 9. The van der Waals surface area contributed by atoms with Crippen LogP contribution in [0.25, 0.3) is 0 Å². The maximum Gasteiger partial charge on any atom is 0.316 e. The highest BCUT2D eigenvalue weighted by atomic mass is 32.2. The smallest absolute Gasteiger partial charge is 0.316 e. The molecule has 3 fully saturated rings. The second-order valence-electron chi connectivity index (χ2n) is 14.4. The fourth-order valence-corrected chi connectivity index (χ4v) is 9.53. The zero-order chi connectivity index (χ0) is 33.3. The Morgan fingerprint density at radius 1 is 1.07 bits per heavy atom. The molecular formula is C36H50N4O5S. The van der Waals surface area contributed by atoms with E-state index in [9.17, 15) is 19.5 Å². The lowest BCUT2D eigenvalue weighted by atomic mass is 9.43. The number of pyridine rings is 1. The number of ether oxygens (including phenoxy) is 1. The summed E-state index contributed by atoms with van der Waals surface area (Å²) in [6, 6.07) is 11.0. The second-order valence-corrected chi connectivity index (χ2v) is 15.4. The number of hydrogen-bond donors (Lipinski definition) is 4. The maximum atomic E-state index is 13.8. The fourth-order valence-electron chi connectivity index (χ4n) is 8.90. The van der Waals surface area contributed by atoms with Crippen molar-refractivity contribution in [3.05, 3.63) is 59.3 Å². The van der Waals surface area contributed by atoms with Gasteiger partial charge in [0.05, 0.1) is 16.9 Å². The lowest BCUT2D eigenvalue weighted by Gasteiger charge is -2.62. The average molecular weight is 651 g/mol. The number of rotatable bonds is 10. The monoisotopic (exact) mass is 650 g/mol. The molecule has 6 N–H and O–H groups in total. The van der Waals surface area contributed by atoms with Crippen molar-refractivity contribution in [3.63, 3.8) is 0 Å². The summed E-state index contributed by atoms with van der Waals surface area (Å²) in [5.41, 5.74) is 12.2. The summed E-state index contributed by atoms with van der Waals surface area (Å²) < 4.78 is 6.44. The normalized spacial score (nSPS) is 33.9. The van der Waals surface area contributed by atoms with E-state index in [1.807, 2.05) is 31.2 Å². The molecule has 8 atom stereocenters. The van der Waals surface area contributed by atoms with Gasteiger partial charge in [-0.25, -0.2) is 4.98 Å². The Balaban J connectivity index is 1.40. The Morgan fingerprint density at radius 2 is 1.76 bits per heavy atom. The summed E-state index contributed by atoms with van der Waals surface area (Å²) in [6.07, 6.45) is 4.26. The van der Waals surface area contributed by atoms with Crippen molar-refractivity contribution in [2.24, 2.45) is 45.5 Å². The van der Waals surface area contributed by atoms with Crippen molar-refractivity contribution in [3.8, 4) is 0 Å². The van der Waals surface area contributed by atoms with Crippen LogP contribution < -0.4 is 16.8 Å². The molecule has 3 saturated carbocycles. The predicted octanol–water partition coefficient (Wildman–Crippen LogP) is 4.63. The lowest BCUT2D eigenvalue weighted by molar-refractivity contribution is -0.211. The van der Waals surface area contributed by atoms with Crippen molar-refractivity contribution in [2.75, 3.05) is 12.3 Å². The van der Waals surface area contributed by atoms with E-state index in [4.69, 9.17) is 16.2 Å². The van der Waals surface area contributed by atoms with Gasteiger partial charge in [-0.15, -0.1) is 0 Å². The van der Waals surface area contributed by atoms with Gasteiger partial charge in [-0.3, -0.25) is 14.4 Å². The Kier molecular flexibility index (Phi) is 10.3. The molecule has 46 heavy (non-hydrogen) atoms. The van der Waals surface area contributed by atoms with Crippen LogP contribution in [0.3, 0.4) is 0 Å². The Labute approximate surface area is 277 Å². The predicted molar refractivity (Wildman–Crippen MR) is 179 cm³/mol. The van der Waals surface area contributed by atoms with Crippen LogP contribution in [-0.2, 0) is 27.4 Å². The molecule has 1 aromatic carbocycles. The van der Waals surface area contributed by atoms with Crippen molar-refractivity contribution in [1.29, 1.82) is 0 Å². The number of ketones is 1. The first-order chi connectivity index (χ1) is 21.9. The molecule has 1 aromatic heterocycles. The summed E-state index contributed by atoms with van der Waals surface area (Å²) >= 11 is 1.31. The van der Waals surface area contributed by atoms with E-state index in [1.165, 1.54) is 11.8 Å². The molecule has 10 heteroatoms. The molecule has 0 saturated heterocycles.